The molecule has 3 unspecified atom stereocenters. The predicted octanol–water partition coefficient (Wildman–Crippen LogP) is 23.0. The number of carbonyl (C=O) groups is 4. The first-order valence-electron chi connectivity index (χ1n) is 40.4. The van der Waals surface area contributed by atoms with Crippen LogP contribution in [0.1, 0.15) is 402 Å². The SMILES string of the molecule is CCCCCCCCCCCCCCCCCC(=O)OC[C@H](COP(=O)(O)OC[C@@H](O)COP(=O)(O)OC[C@@H](COC(=O)CCCCCCCCCCCCC(C)C)OC(=O)CCCCCCCCCCCCC(C)CC)OC(=O)CCCCCCCCCCCCCCC(C)C. The highest BCUT2D eigenvalue weighted by atomic mass is 31.2. The van der Waals surface area contributed by atoms with Gasteiger partial charge in [0.15, 0.2) is 12.2 Å². The van der Waals surface area contributed by atoms with E-state index in [9.17, 15) is 43.2 Å². The van der Waals surface area contributed by atoms with Crippen LogP contribution in [-0.4, -0.2) is 96.7 Å². The first-order valence-corrected chi connectivity index (χ1v) is 43.4. The molecular weight excluding hydrogens is 1270 g/mol. The van der Waals surface area contributed by atoms with Crippen molar-refractivity contribution < 1.29 is 80.2 Å². The predicted molar refractivity (Wildman–Crippen MR) is 395 cm³/mol. The number of unbranched alkanes of at least 4 members (excludes halogenated alkanes) is 43. The standard InChI is InChI=1S/C78H152O17P2/c1-8-10-11-12-13-14-15-16-17-18-22-31-38-45-52-59-75(80)88-65-73(94-77(82)61-54-47-40-33-23-20-19-21-28-35-42-49-56-69(3)4)67-92-96(84,85)90-63-72(79)64-91-97(86,87)93-68-74(66-89-76(81)60-53-46-39-32-26-24-29-36-43-50-57-70(5)6)95-78(83)62-55-48-41-34-27-25-30-37-44-51-58-71(7)9-2/h69-74,79H,8-68H2,1-7H3,(H,84,85)(H,86,87)/t71?,72-,73-,74-/m1/s1. The van der Waals surface area contributed by atoms with Gasteiger partial charge in [-0.15, -0.1) is 0 Å². The molecule has 19 heteroatoms. The molecule has 0 aromatic carbocycles. The molecule has 576 valence electrons. The zero-order chi connectivity index (χ0) is 71.6. The molecule has 0 aliphatic rings. The Kier molecular flexibility index (Phi) is 67.1. The van der Waals surface area contributed by atoms with Crippen molar-refractivity contribution >= 4 is 39.5 Å². The fraction of sp³-hybridized carbons (Fsp3) is 0.949. The second-order valence-corrected chi connectivity index (χ2v) is 32.2. The summed E-state index contributed by atoms with van der Waals surface area (Å²) in [4.78, 5) is 73.0. The maximum absolute atomic E-state index is 13.1. The van der Waals surface area contributed by atoms with Crippen LogP contribution in [0.15, 0.2) is 0 Å². The van der Waals surface area contributed by atoms with E-state index in [-0.39, 0.29) is 25.7 Å². The smallest absolute Gasteiger partial charge is 0.462 e. The number of phosphoric ester groups is 2. The Morgan fingerprint density at radius 1 is 0.299 bits per heavy atom. The minimum absolute atomic E-state index is 0.106. The van der Waals surface area contributed by atoms with Gasteiger partial charge in [0.2, 0.25) is 0 Å². The first-order chi connectivity index (χ1) is 46.8. The summed E-state index contributed by atoms with van der Waals surface area (Å²) >= 11 is 0. The van der Waals surface area contributed by atoms with Crippen LogP contribution in [-0.2, 0) is 65.4 Å². The number of rotatable bonds is 76. The van der Waals surface area contributed by atoms with E-state index in [4.69, 9.17) is 37.0 Å². The molecule has 0 radical (unpaired) electrons. The zero-order valence-corrected chi connectivity index (χ0v) is 65.3. The van der Waals surface area contributed by atoms with E-state index in [0.29, 0.717) is 25.7 Å². The van der Waals surface area contributed by atoms with Gasteiger partial charge in [0.25, 0.3) is 0 Å². The van der Waals surface area contributed by atoms with Crippen molar-refractivity contribution in [2.24, 2.45) is 17.8 Å². The lowest BCUT2D eigenvalue weighted by Crippen LogP contribution is -2.30. The highest BCUT2D eigenvalue weighted by Crippen LogP contribution is 2.45. The van der Waals surface area contributed by atoms with Crippen LogP contribution in [0.2, 0.25) is 0 Å². The van der Waals surface area contributed by atoms with Crippen molar-refractivity contribution in [1.82, 2.24) is 0 Å². The maximum Gasteiger partial charge on any atom is 0.472 e. The molecule has 0 bridgehead atoms. The Labute approximate surface area is 594 Å². The summed E-state index contributed by atoms with van der Waals surface area (Å²) < 4.78 is 68.7. The highest BCUT2D eigenvalue weighted by molar-refractivity contribution is 7.47. The lowest BCUT2D eigenvalue weighted by Gasteiger charge is -2.21. The number of esters is 4. The molecule has 0 spiro atoms. The van der Waals surface area contributed by atoms with Crippen molar-refractivity contribution in [2.75, 3.05) is 39.6 Å². The highest BCUT2D eigenvalue weighted by Gasteiger charge is 2.30. The van der Waals surface area contributed by atoms with Gasteiger partial charge in [0, 0.05) is 25.7 Å². The molecule has 0 aliphatic carbocycles. The molecule has 0 heterocycles. The van der Waals surface area contributed by atoms with Gasteiger partial charge < -0.3 is 33.8 Å². The molecule has 0 amide bonds. The van der Waals surface area contributed by atoms with Gasteiger partial charge >= 0.3 is 39.5 Å². The van der Waals surface area contributed by atoms with Gasteiger partial charge in [0.05, 0.1) is 26.4 Å². The van der Waals surface area contributed by atoms with Crippen LogP contribution in [0.5, 0.6) is 0 Å². The Hall–Kier alpha value is -1.94. The Morgan fingerprint density at radius 3 is 0.784 bits per heavy atom. The summed E-state index contributed by atoms with van der Waals surface area (Å²) in [5.74, 6) is 0.225. The van der Waals surface area contributed by atoms with E-state index in [1.807, 2.05) is 0 Å². The lowest BCUT2D eigenvalue weighted by molar-refractivity contribution is -0.161. The van der Waals surface area contributed by atoms with Crippen LogP contribution >= 0.6 is 15.6 Å². The summed E-state index contributed by atoms with van der Waals surface area (Å²) in [6, 6.07) is 0. The average molecular weight is 1420 g/mol. The van der Waals surface area contributed by atoms with Gasteiger partial charge in [-0.2, -0.15) is 0 Å². The van der Waals surface area contributed by atoms with E-state index in [1.165, 1.54) is 212 Å². The van der Waals surface area contributed by atoms with Crippen LogP contribution in [0, 0.1) is 17.8 Å². The fourth-order valence-corrected chi connectivity index (χ4v) is 13.5. The second-order valence-electron chi connectivity index (χ2n) is 29.3. The number of phosphoric acid groups is 2. The Morgan fingerprint density at radius 2 is 0.526 bits per heavy atom. The summed E-state index contributed by atoms with van der Waals surface area (Å²) in [5.41, 5.74) is 0. The zero-order valence-electron chi connectivity index (χ0n) is 63.5. The summed E-state index contributed by atoms with van der Waals surface area (Å²) in [5, 5.41) is 10.6. The number of hydrogen-bond donors (Lipinski definition) is 3. The van der Waals surface area contributed by atoms with Crippen molar-refractivity contribution in [2.45, 2.75) is 420 Å². The Balaban J connectivity index is 5.28. The molecule has 6 atom stereocenters. The van der Waals surface area contributed by atoms with E-state index in [1.54, 1.807) is 0 Å². The molecule has 0 aromatic heterocycles. The second kappa shape index (κ2) is 68.5. The number of aliphatic hydroxyl groups is 1. The van der Waals surface area contributed by atoms with Crippen molar-refractivity contribution in [3.63, 3.8) is 0 Å². The molecular formula is C78H152O17P2. The molecule has 0 aromatic rings. The van der Waals surface area contributed by atoms with Crippen molar-refractivity contribution in [3.05, 3.63) is 0 Å². The number of carbonyl (C=O) groups excluding carboxylic acids is 4. The largest absolute Gasteiger partial charge is 0.472 e. The quantitative estimate of drug-likeness (QED) is 0.0222. The molecule has 3 N–H and O–H groups in total. The third kappa shape index (κ3) is 70.9. The van der Waals surface area contributed by atoms with Crippen LogP contribution in [0.25, 0.3) is 0 Å². The third-order valence-electron chi connectivity index (χ3n) is 18.5. The number of hydrogen-bond acceptors (Lipinski definition) is 15. The summed E-state index contributed by atoms with van der Waals surface area (Å²) in [7, 11) is -9.92. The van der Waals surface area contributed by atoms with Crippen LogP contribution in [0.4, 0.5) is 0 Å². The van der Waals surface area contributed by atoms with E-state index >= 15 is 0 Å². The topological polar surface area (TPSA) is 237 Å². The van der Waals surface area contributed by atoms with Crippen LogP contribution in [0.3, 0.4) is 0 Å². The van der Waals surface area contributed by atoms with Gasteiger partial charge in [0.1, 0.15) is 19.3 Å². The number of aliphatic hydroxyl groups excluding tert-OH is 1. The molecule has 0 aliphatic heterocycles. The van der Waals surface area contributed by atoms with Crippen molar-refractivity contribution in [3.8, 4) is 0 Å². The van der Waals surface area contributed by atoms with E-state index < -0.39 is 97.5 Å². The molecule has 0 saturated heterocycles. The molecule has 0 fully saturated rings. The lowest BCUT2D eigenvalue weighted by atomic mass is 9.99. The summed E-state index contributed by atoms with van der Waals surface area (Å²) in [6.45, 7) is 12.0. The maximum atomic E-state index is 13.1. The molecule has 17 nitrogen and oxygen atoms in total. The number of ether oxygens (including phenoxy) is 4. The normalized spacial score (nSPS) is 14.3. The van der Waals surface area contributed by atoms with E-state index in [2.05, 4.69) is 48.5 Å². The monoisotopic (exact) mass is 1420 g/mol. The fourth-order valence-electron chi connectivity index (χ4n) is 11.9. The van der Waals surface area contributed by atoms with Gasteiger partial charge in [-0.25, -0.2) is 9.13 Å². The van der Waals surface area contributed by atoms with Gasteiger partial charge in [-0.3, -0.25) is 37.3 Å². The van der Waals surface area contributed by atoms with Gasteiger partial charge in [-0.1, -0.05) is 350 Å². The van der Waals surface area contributed by atoms with E-state index in [0.717, 1.165) is 108 Å². The van der Waals surface area contributed by atoms with Crippen molar-refractivity contribution in [1.29, 1.82) is 0 Å². The Bertz CT molecular complexity index is 1890. The minimum atomic E-state index is -4.96. The average Bonchev–Trinajstić information content (AvgIpc) is 2.05. The molecule has 0 saturated carbocycles. The van der Waals surface area contributed by atoms with Gasteiger partial charge in [-0.05, 0) is 43.4 Å². The molecule has 0 rings (SSSR count). The third-order valence-corrected chi connectivity index (χ3v) is 20.4. The minimum Gasteiger partial charge on any atom is -0.462 e. The molecule has 97 heavy (non-hydrogen) atoms. The first kappa shape index (κ1) is 95.1. The van der Waals surface area contributed by atoms with Crippen LogP contribution < -0.4 is 0 Å². The summed E-state index contributed by atoms with van der Waals surface area (Å²) in [6.07, 6.45) is 55.3.